The van der Waals surface area contributed by atoms with Crippen LogP contribution in [0.1, 0.15) is 42.5 Å². The maximum Gasteiger partial charge on any atom is 0.243 e. The fourth-order valence-electron chi connectivity index (χ4n) is 5.27. The maximum atomic E-state index is 13.2. The highest BCUT2D eigenvalue weighted by Gasteiger charge is 2.34. The van der Waals surface area contributed by atoms with Crippen LogP contribution < -0.4 is 4.90 Å². The number of fused-ring (bicyclic) bond motifs is 1. The van der Waals surface area contributed by atoms with E-state index in [1.165, 1.54) is 11.1 Å². The highest BCUT2D eigenvalue weighted by Crippen LogP contribution is 2.29. The zero-order valence-electron chi connectivity index (χ0n) is 19.2. The van der Waals surface area contributed by atoms with E-state index in [2.05, 4.69) is 15.3 Å². The van der Waals surface area contributed by atoms with Crippen LogP contribution in [0.5, 0.6) is 0 Å². The van der Waals surface area contributed by atoms with Crippen LogP contribution in [0.25, 0.3) is 0 Å². The number of amides is 1. The number of nitrogens with zero attached hydrogens (tertiary/aromatic N) is 4. The average molecular weight is 489 g/mol. The summed E-state index contributed by atoms with van der Waals surface area (Å²) in [5.74, 6) is 0.0897. The van der Waals surface area contributed by atoms with Crippen molar-refractivity contribution in [3.05, 3.63) is 40.4 Å². The van der Waals surface area contributed by atoms with Crippen molar-refractivity contribution in [1.29, 1.82) is 0 Å². The molecule has 0 atom stereocenters. The highest BCUT2D eigenvalue weighted by molar-refractivity contribution is 7.89. The zero-order chi connectivity index (χ0) is 23.0. The minimum Gasteiger partial charge on any atom is -0.346 e. The number of rotatable bonds is 4. The van der Waals surface area contributed by atoms with E-state index < -0.39 is 10.0 Å². The van der Waals surface area contributed by atoms with Crippen molar-refractivity contribution in [3.63, 3.8) is 0 Å². The minimum atomic E-state index is -3.50. The number of sulfonamides is 1. The largest absolute Gasteiger partial charge is 0.346 e. The average Bonchev–Trinajstić information content (AvgIpc) is 3.40. The Bertz CT molecular complexity index is 1120. The molecule has 178 valence electrons. The first-order chi connectivity index (χ1) is 15.9. The van der Waals surface area contributed by atoms with Gasteiger partial charge in [0.25, 0.3) is 0 Å². The lowest BCUT2D eigenvalue weighted by Gasteiger charge is -2.33. The molecule has 1 aromatic heterocycles. The van der Waals surface area contributed by atoms with Gasteiger partial charge in [0.2, 0.25) is 15.9 Å². The van der Waals surface area contributed by atoms with E-state index >= 15 is 0 Å². The van der Waals surface area contributed by atoms with Crippen LogP contribution in [0.15, 0.2) is 28.5 Å². The lowest BCUT2D eigenvalue weighted by Crippen LogP contribution is -2.45. The summed E-state index contributed by atoms with van der Waals surface area (Å²) < 4.78 is 28.0. The number of piperidine rings is 1. The number of carbonyl (C=O) groups is 1. The highest BCUT2D eigenvalue weighted by atomic mass is 32.2. The summed E-state index contributed by atoms with van der Waals surface area (Å²) in [5.41, 5.74) is 3.48. The molecule has 2 fully saturated rings. The number of hydrogen-bond acceptors (Lipinski definition) is 6. The maximum absolute atomic E-state index is 13.2. The zero-order valence-corrected chi connectivity index (χ0v) is 20.8. The number of hydrogen-bond donors (Lipinski definition) is 0. The predicted octanol–water partition coefficient (Wildman–Crippen LogP) is 3.08. The molecule has 1 amide bonds. The molecule has 1 aromatic carbocycles. The van der Waals surface area contributed by atoms with E-state index in [0.717, 1.165) is 56.1 Å². The van der Waals surface area contributed by atoms with Crippen molar-refractivity contribution in [2.45, 2.75) is 50.3 Å². The van der Waals surface area contributed by atoms with Crippen LogP contribution in [0.4, 0.5) is 5.13 Å². The fourth-order valence-corrected chi connectivity index (χ4v) is 7.65. The van der Waals surface area contributed by atoms with Crippen LogP contribution in [0, 0.1) is 12.8 Å². The third kappa shape index (κ3) is 4.68. The first-order valence-electron chi connectivity index (χ1n) is 12.0. The number of aryl methyl sites for hydroxylation is 3. The molecule has 0 bridgehead atoms. The molecule has 2 saturated heterocycles. The minimum absolute atomic E-state index is 0.0925. The topological polar surface area (TPSA) is 73.8 Å². The molecule has 1 aliphatic carbocycles. The van der Waals surface area contributed by atoms with Gasteiger partial charge in [0.05, 0.1) is 10.6 Å². The van der Waals surface area contributed by atoms with E-state index in [1.54, 1.807) is 21.7 Å². The Kier molecular flexibility index (Phi) is 6.46. The molecule has 2 aliphatic heterocycles. The molecule has 3 heterocycles. The quantitative estimate of drug-likeness (QED) is 0.661. The van der Waals surface area contributed by atoms with Crippen molar-refractivity contribution in [1.82, 2.24) is 14.2 Å². The van der Waals surface area contributed by atoms with E-state index in [9.17, 15) is 13.2 Å². The molecule has 7 nitrogen and oxygen atoms in total. The van der Waals surface area contributed by atoms with Gasteiger partial charge in [-0.15, -0.1) is 11.3 Å². The summed E-state index contributed by atoms with van der Waals surface area (Å²) in [4.78, 5) is 22.5. The number of carbonyl (C=O) groups excluding carboxylic acids is 1. The van der Waals surface area contributed by atoms with Gasteiger partial charge in [-0.25, -0.2) is 13.4 Å². The molecule has 9 heteroatoms. The lowest BCUT2D eigenvalue weighted by atomic mass is 9.96. The van der Waals surface area contributed by atoms with Crippen molar-refractivity contribution in [3.8, 4) is 0 Å². The third-order valence-corrected chi connectivity index (χ3v) is 10.1. The molecule has 33 heavy (non-hydrogen) atoms. The smallest absolute Gasteiger partial charge is 0.243 e. The van der Waals surface area contributed by atoms with E-state index in [1.807, 2.05) is 24.0 Å². The Morgan fingerprint density at radius 3 is 2.55 bits per heavy atom. The number of thiazole rings is 1. The molecule has 0 N–H and O–H groups in total. The summed E-state index contributed by atoms with van der Waals surface area (Å²) in [6, 6.07) is 5.59. The van der Waals surface area contributed by atoms with E-state index in [-0.39, 0.29) is 11.8 Å². The Morgan fingerprint density at radius 1 is 1.00 bits per heavy atom. The second-order valence-electron chi connectivity index (χ2n) is 9.40. The summed E-state index contributed by atoms with van der Waals surface area (Å²) in [5, 5.41) is 3.10. The normalized spacial score (nSPS) is 20.6. The van der Waals surface area contributed by atoms with Gasteiger partial charge in [-0.3, -0.25) is 4.79 Å². The number of anilines is 1. The van der Waals surface area contributed by atoms with Crippen molar-refractivity contribution in [2.75, 3.05) is 44.2 Å². The SMILES string of the molecule is Cc1csc(N2CCCN(C(=O)C3CCN(S(=O)(=O)c4ccc5c(c4)CCC5)CC3)CC2)n1. The van der Waals surface area contributed by atoms with E-state index in [0.29, 0.717) is 37.4 Å². The van der Waals surface area contributed by atoms with Crippen LogP contribution in [0.3, 0.4) is 0 Å². The first-order valence-corrected chi connectivity index (χ1v) is 14.3. The van der Waals surface area contributed by atoms with Gasteiger partial charge < -0.3 is 9.80 Å². The van der Waals surface area contributed by atoms with Crippen molar-refractivity contribution in [2.24, 2.45) is 5.92 Å². The Morgan fingerprint density at radius 2 is 1.79 bits per heavy atom. The van der Waals surface area contributed by atoms with Crippen LogP contribution in [-0.4, -0.2) is 67.8 Å². The van der Waals surface area contributed by atoms with Gasteiger partial charge in [-0.2, -0.15) is 4.31 Å². The summed E-state index contributed by atoms with van der Waals surface area (Å²) in [6.07, 6.45) is 5.22. The van der Waals surface area contributed by atoms with Crippen LogP contribution in [-0.2, 0) is 27.7 Å². The van der Waals surface area contributed by atoms with Crippen LogP contribution >= 0.6 is 11.3 Å². The Labute approximate surface area is 200 Å². The van der Waals surface area contributed by atoms with E-state index in [4.69, 9.17) is 0 Å². The Balaban J connectivity index is 1.18. The Hall–Kier alpha value is -1.97. The van der Waals surface area contributed by atoms with Gasteiger partial charge in [-0.05, 0) is 68.7 Å². The summed E-state index contributed by atoms with van der Waals surface area (Å²) >= 11 is 1.66. The van der Waals surface area contributed by atoms with Crippen molar-refractivity contribution < 1.29 is 13.2 Å². The molecule has 2 aromatic rings. The van der Waals surface area contributed by atoms with Gasteiger partial charge >= 0.3 is 0 Å². The molecule has 0 unspecified atom stereocenters. The van der Waals surface area contributed by atoms with Crippen molar-refractivity contribution >= 4 is 32.4 Å². The second-order valence-corrected chi connectivity index (χ2v) is 12.2. The fraction of sp³-hybridized carbons (Fsp3) is 0.583. The molecule has 0 radical (unpaired) electrons. The molecule has 3 aliphatic rings. The summed E-state index contributed by atoms with van der Waals surface area (Å²) in [6.45, 7) is 5.99. The van der Waals surface area contributed by atoms with Gasteiger partial charge in [-0.1, -0.05) is 6.07 Å². The monoisotopic (exact) mass is 488 g/mol. The molecule has 0 saturated carbocycles. The lowest BCUT2D eigenvalue weighted by molar-refractivity contribution is -0.136. The van der Waals surface area contributed by atoms with Gasteiger partial charge in [0.15, 0.2) is 5.13 Å². The number of benzene rings is 1. The molecular weight excluding hydrogens is 456 g/mol. The standard InChI is InChI=1S/C24H32N4O3S2/c1-18-17-32-24(25-18)27-11-3-10-26(14-15-27)23(29)20-8-12-28(13-9-20)33(30,31)22-7-6-19-4-2-5-21(19)16-22/h6-7,16-17,20H,2-5,8-15H2,1H3. The molecule has 0 spiro atoms. The van der Waals surface area contributed by atoms with Crippen LogP contribution in [0.2, 0.25) is 0 Å². The van der Waals surface area contributed by atoms with Gasteiger partial charge in [0.1, 0.15) is 0 Å². The number of aromatic nitrogens is 1. The predicted molar refractivity (Wildman–Crippen MR) is 130 cm³/mol. The molecular formula is C24H32N4O3S2. The first kappa shape index (κ1) is 22.8. The summed E-state index contributed by atoms with van der Waals surface area (Å²) in [7, 11) is -3.50. The van der Waals surface area contributed by atoms with Gasteiger partial charge in [0, 0.05) is 50.6 Å². The third-order valence-electron chi connectivity index (χ3n) is 7.20. The second kappa shape index (κ2) is 9.35. The molecule has 5 rings (SSSR count).